The predicted octanol–water partition coefficient (Wildman–Crippen LogP) is 2.86. The molecule has 1 aliphatic rings. The maximum atomic E-state index is 12.6. The van der Waals surface area contributed by atoms with Crippen LogP contribution in [0, 0.1) is 27.7 Å². The molecule has 1 saturated heterocycles. The summed E-state index contributed by atoms with van der Waals surface area (Å²) >= 11 is 0. The number of aryl methyl sites for hydroxylation is 2. The van der Waals surface area contributed by atoms with Gasteiger partial charge in [-0.1, -0.05) is 6.07 Å². The third kappa shape index (κ3) is 3.60. The molecule has 0 atom stereocenters. The van der Waals surface area contributed by atoms with Crippen LogP contribution in [0.5, 0.6) is 0 Å². The normalized spacial score (nSPS) is 15.8. The molecule has 0 bridgehead atoms. The Labute approximate surface area is 127 Å². The topological polar surface area (TPSA) is 29.5 Å². The maximum absolute atomic E-state index is 12.6. The average Bonchev–Trinajstić information content (AvgIpc) is 2.38. The van der Waals surface area contributed by atoms with Crippen LogP contribution in [-0.4, -0.2) is 43.5 Å². The number of hydrogen-bond acceptors (Lipinski definition) is 3. The molecule has 0 aliphatic carbocycles. The van der Waals surface area contributed by atoms with Gasteiger partial charge in [-0.25, -0.2) is 0 Å². The number of morpholine rings is 1. The van der Waals surface area contributed by atoms with Crippen LogP contribution in [-0.2, 0) is 4.74 Å². The molecule has 1 fully saturated rings. The number of carbonyl (C=O) groups is 1. The lowest BCUT2D eigenvalue weighted by Gasteiger charge is -2.26. The number of hydrogen-bond donors (Lipinski definition) is 0. The summed E-state index contributed by atoms with van der Waals surface area (Å²) in [7, 11) is 0. The molecule has 0 amide bonds. The van der Waals surface area contributed by atoms with Crippen molar-refractivity contribution in [2.24, 2.45) is 0 Å². The van der Waals surface area contributed by atoms with Crippen LogP contribution in [0.15, 0.2) is 6.07 Å². The van der Waals surface area contributed by atoms with E-state index in [1.807, 2.05) is 13.8 Å². The monoisotopic (exact) mass is 297 g/mol. The Bertz CT molecular complexity index is 467. The van der Waals surface area contributed by atoms with Crippen molar-refractivity contribution in [3.8, 4) is 0 Å². The summed E-state index contributed by atoms with van der Waals surface area (Å²) in [5, 5.41) is 0. The van der Waals surface area contributed by atoms with Gasteiger partial charge in [-0.3, -0.25) is 9.69 Å². The molecule has 0 radical (unpaired) electrons. The van der Waals surface area contributed by atoms with Gasteiger partial charge in [-0.15, -0.1) is 12.4 Å². The van der Waals surface area contributed by atoms with Crippen molar-refractivity contribution in [3.63, 3.8) is 0 Å². The molecule has 1 aliphatic heterocycles. The van der Waals surface area contributed by atoms with E-state index < -0.39 is 0 Å². The first-order valence-corrected chi connectivity index (χ1v) is 6.91. The molecule has 20 heavy (non-hydrogen) atoms. The zero-order chi connectivity index (χ0) is 14.0. The van der Waals surface area contributed by atoms with Gasteiger partial charge in [0.15, 0.2) is 5.78 Å². The van der Waals surface area contributed by atoms with Gasteiger partial charge in [0, 0.05) is 18.7 Å². The molecule has 0 unspecified atom stereocenters. The first-order valence-electron chi connectivity index (χ1n) is 6.91. The fourth-order valence-electron chi connectivity index (χ4n) is 2.68. The second-order valence-electron chi connectivity index (χ2n) is 5.45. The molecule has 1 aromatic carbocycles. The van der Waals surface area contributed by atoms with Crippen LogP contribution in [0.3, 0.4) is 0 Å². The number of benzene rings is 1. The Kier molecular flexibility index (Phi) is 6.18. The lowest BCUT2D eigenvalue weighted by Crippen LogP contribution is -2.39. The van der Waals surface area contributed by atoms with Crippen molar-refractivity contribution >= 4 is 18.2 Å². The smallest absolute Gasteiger partial charge is 0.177 e. The Morgan fingerprint density at radius 2 is 1.60 bits per heavy atom. The summed E-state index contributed by atoms with van der Waals surface area (Å²) in [5.41, 5.74) is 5.58. The summed E-state index contributed by atoms with van der Waals surface area (Å²) in [5.74, 6) is 0.240. The molecule has 1 aromatic rings. The lowest BCUT2D eigenvalue weighted by molar-refractivity contribution is 0.0371. The van der Waals surface area contributed by atoms with Gasteiger partial charge in [0.25, 0.3) is 0 Å². The van der Waals surface area contributed by atoms with Crippen molar-refractivity contribution in [2.45, 2.75) is 27.7 Å². The van der Waals surface area contributed by atoms with Crippen molar-refractivity contribution < 1.29 is 9.53 Å². The van der Waals surface area contributed by atoms with Gasteiger partial charge in [0.1, 0.15) is 0 Å². The number of carbonyl (C=O) groups excluding carboxylic acids is 1. The second-order valence-corrected chi connectivity index (χ2v) is 5.45. The van der Waals surface area contributed by atoms with Crippen molar-refractivity contribution in [2.75, 3.05) is 32.8 Å². The highest BCUT2D eigenvalue weighted by molar-refractivity contribution is 6.00. The van der Waals surface area contributed by atoms with E-state index in [-0.39, 0.29) is 18.2 Å². The molecule has 0 N–H and O–H groups in total. The van der Waals surface area contributed by atoms with E-state index in [1.165, 1.54) is 11.1 Å². The average molecular weight is 298 g/mol. The summed E-state index contributed by atoms with van der Waals surface area (Å²) in [6, 6.07) is 2.16. The Hall–Kier alpha value is -0.900. The van der Waals surface area contributed by atoms with Crippen LogP contribution >= 0.6 is 12.4 Å². The number of Topliss-reactive ketones (excluding diaryl/α,β-unsaturated/α-hetero) is 1. The molecular weight excluding hydrogens is 274 g/mol. The SMILES string of the molecule is Cc1cc(C)c(C)c(C(=O)CN2CCOCC2)c1C.Cl. The van der Waals surface area contributed by atoms with Crippen molar-refractivity contribution in [1.29, 1.82) is 0 Å². The number of nitrogens with zero attached hydrogens (tertiary/aromatic N) is 1. The first-order chi connectivity index (χ1) is 9.00. The predicted molar refractivity (Wildman–Crippen MR) is 84.2 cm³/mol. The van der Waals surface area contributed by atoms with E-state index in [4.69, 9.17) is 4.74 Å². The Balaban J connectivity index is 0.00000200. The Morgan fingerprint density at radius 3 is 2.10 bits per heavy atom. The summed E-state index contributed by atoms with van der Waals surface area (Å²) in [4.78, 5) is 14.8. The molecule has 0 aromatic heterocycles. The quantitative estimate of drug-likeness (QED) is 0.804. The zero-order valence-corrected chi connectivity index (χ0v) is 13.6. The van der Waals surface area contributed by atoms with Gasteiger partial charge in [-0.05, 0) is 49.9 Å². The van der Waals surface area contributed by atoms with E-state index in [1.54, 1.807) is 0 Å². The van der Waals surface area contributed by atoms with Crippen molar-refractivity contribution in [1.82, 2.24) is 4.90 Å². The largest absolute Gasteiger partial charge is 0.379 e. The minimum atomic E-state index is 0. The van der Waals surface area contributed by atoms with Gasteiger partial charge in [-0.2, -0.15) is 0 Å². The third-order valence-electron chi connectivity index (χ3n) is 4.12. The molecule has 1 heterocycles. The van der Waals surface area contributed by atoms with Gasteiger partial charge in [0.05, 0.1) is 19.8 Å². The highest BCUT2D eigenvalue weighted by Gasteiger charge is 2.19. The van der Waals surface area contributed by atoms with Crippen LogP contribution in [0.4, 0.5) is 0 Å². The maximum Gasteiger partial charge on any atom is 0.177 e. The van der Waals surface area contributed by atoms with Crippen LogP contribution in [0.1, 0.15) is 32.6 Å². The van der Waals surface area contributed by atoms with Crippen LogP contribution < -0.4 is 0 Å². The fourth-order valence-corrected chi connectivity index (χ4v) is 2.68. The molecule has 4 heteroatoms. The fraction of sp³-hybridized carbons (Fsp3) is 0.562. The van der Waals surface area contributed by atoms with E-state index in [9.17, 15) is 4.79 Å². The van der Waals surface area contributed by atoms with Crippen LogP contribution in [0.2, 0.25) is 0 Å². The van der Waals surface area contributed by atoms with Crippen molar-refractivity contribution in [3.05, 3.63) is 33.9 Å². The third-order valence-corrected chi connectivity index (χ3v) is 4.12. The van der Waals surface area contributed by atoms with Gasteiger partial charge in [0.2, 0.25) is 0 Å². The molecular formula is C16H24ClNO2. The number of halogens is 1. The number of ketones is 1. The van der Waals surface area contributed by atoms with E-state index in [0.29, 0.717) is 6.54 Å². The van der Waals surface area contributed by atoms with E-state index in [2.05, 4.69) is 24.8 Å². The van der Waals surface area contributed by atoms with E-state index in [0.717, 1.165) is 43.0 Å². The molecule has 2 rings (SSSR count). The molecule has 0 saturated carbocycles. The Morgan fingerprint density at radius 1 is 1.10 bits per heavy atom. The number of rotatable bonds is 3. The summed E-state index contributed by atoms with van der Waals surface area (Å²) in [6.45, 7) is 11.9. The molecule has 112 valence electrons. The molecule has 0 spiro atoms. The molecule has 3 nitrogen and oxygen atoms in total. The van der Waals surface area contributed by atoms with E-state index >= 15 is 0 Å². The first kappa shape index (κ1) is 17.2. The number of ether oxygens (including phenoxy) is 1. The zero-order valence-electron chi connectivity index (χ0n) is 12.8. The highest BCUT2D eigenvalue weighted by Crippen LogP contribution is 2.22. The standard InChI is InChI=1S/C16H23NO2.ClH/c1-11-9-12(2)14(4)16(13(11)3)15(18)10-17-5-7-19-8-6-17;/h9H,5-8,10H2,1-4H3;1H. The van der Waals surface area contributed by atoms with Crippen LogP contribution in [0.25, 0.3) is 0 Å². The lowest BCUT2D eigenvalue weighted by atomic mass is 9.91. The van der Waals surface area contributed by atoms with Gasteiger partial charge < -0.3 is 4.74 Å². The highest BCUT2D eigenvalue weighted by atomic mass is 35.5. The summed E-state index contributed by atoms with van der Waals surface area (Å²) < 4.78 is 5.32. The second kappa shape index (κ2) is 7.21. The van der Waals surface area contributed by atoms with Gasteiger partial charge >= 0.3 is 0 Å². The summed E-state index contributed by atoms with van der Waals surface area (Å²) in [6.07, 6.45) is 0. The minimum Gasteiger partial charge on any atom is -0.379 e. The minimum absolute atomic E-state index is 0.